The van der Waals surface area contributed by atoms with Gasteiger partial charge in [0.15, 0.2) is 5.79 Å². The summed E-state index contributed by atoms with van der Waals surface area (Å²) in [7, 11) is 0. The van der Waals surface area contributed by atoms with E-state index in [1.165, 1.54) is 6.42 Å². The zero-order chi connectivity index (χ0) is 9.22. The highest BCUT2D eigenvalue weighted by Crippen LogP contribution is 2.61. The summed E-state index contributed by atoms with van der Waals surface area (Å²) in [4.78, 5) is 0. The largest absolute Gasteiger partial charge is 0.388 e. The molecule has 3 rings (SSSR count). The Morgan fingerprint density at radius 2 is 1.69 bits per heavy atom. The topological polar surface area (TPSA) is 60.7 Å². The maximum Gasteiger partial charge on any atom is 0.192 e. The van der Waals surface area contributed by atoms with E-state index in [0.717, 1.165) is 12.8 Å². The van der Waals surface area contributed by atoms with E-state index < -0.39 is 11.9 Å². The van der Waals surface area contributed by atoms with Gasteiger partial charge >= 0.3 is 0 Å². The summed E-state index contributed by atoms with van der Waals surface area (Å²) < 4.78 is 0. The van der Waals surface area contributed by atoms with E-state index in [4.69, 9.17) is 0 Å². The molecule has 0 aromatic rings. The quantitative estimate of drug-likeness (QED) is 0.468. The third kappa shape index (κ3) is 0.853. The molecule has 5 atom stereocenters. The van der Waals surface area contributed by atoms with Gasteiger partial charge in [-0.3, -0.25) is 0 Å². The minimum atomic E-state index is -1.79. The van der Waals surface area contributed by atoms with Crippen molar-refractivity contribution in [3.8, 4) is 0 Å². The molecule has 13 heavy (non-hydrogen) atoms. The van der Waals surface area contributed by atoms with Crippen LogP contribution in [0.3, 0.4) is 0 Å². The van der Waals surface area contributed by atoms with E-state index in [-0.39, 0.29) is 5.92 Å². The van der Waals surface area contributed by atoms with Crippen LogP contribution in [0.1, 0.15) is 25.7 Å². The van der Waals surface area contributed by atoms with Gasteiger partial charge in [0.05, 0.1) is 0 Å². The fourth-order valence-corrected chi connectivity index (χ4v) is 4.06. The molecule has 3 aliphatic rings. The molecule has 0 aromatic carbocycles. The van der Waals surface area contributed by atoms with E-state index in [2.05, 4.69) is 0 Å². The van der Waals surface area contributed by atoms with E-state index in [1.807, 2.05) is 0 Å². The molecule has 0 aromatic heterocycles. The van der Waals surface area contributed by atoms with Crippen LogP contribution in [0.15, 0.2) is 0 Å². The molecule has 0 heterocycles. The van der Waals surface area contributed by atoms with Gasteiger partial charge in [-0.2, -0.15) is 0 Å². The number of rotatable bonds is 0. The van der Waals surface area contributed by atoms with Crippen molar-refractivity contribution in [2.45, 2.75) is 37.6 Å². The van der Waals surface area contributed by atoms with Crippen LogP contribution < -0.4 is 0 Å². The summed E-state index contributed by atoms with van der Waals surface area (Å²) in [6.45, 7) is 0. The van der Waals surface area contributed by atoms with Crippen molar-refractivity contribution in [1.82, 2.24) is 0 Å². The second-order valence-electron chi connectivity index (χ2n) is 5.06. The third-order valence-corrected chi connectivity index (χ3v) is 4.56. The lowest BCUT2D eigenvalue weighted by Gasteiger charge is -2.32. The Kier molecular flexibility index (Phi) is 1.43. The van der Waals surface area contributed by atoms with Crippen LogP contribution in [0.4, 0.5) is 0 Å². The summed E-state index contributed by atoms with van der Waals surface area (Å²) in [5.74, 6) is -0.331. The summed E-state index contributed by atoms with van der Waals surface area (Å²) >= 11 is 0. The Balaban J connectivity index is 1.96. The van der Waals surface area contributed by atoms with E-state index in [9.17, 15) is 15.3 Å². The van der Waals surface area contributed by atoms with Crippen molar-refractivity contribution in [3.63, 3.8) is 0 Å². The van der Waals surface area contributed by atoms with Gasteiger partial charge in [0.2, 0.25) is 0 Å². The lowest BCUT2D eigenvalue weighted by molar-refractivity contribution is -0.243. The maximum atomic E-state index is 9.76. The molecule has 3 saturated carbocycles. The third-order valence-electron chi connectivity index (χ3n) is 4.56. The molecule has 0 unspecified atom stereocenters. The Bertz CT molecular complexity index is 238. The number of aliphatic hydroxyl groups is 3. The maximum absolute atomic E-state index is 9.76. The number of hydrogen-bond acceptors (Lipinski definition) is 3. The van der Waals surface area contributed by atoms with Crippen molar-refractivity contribution in [3.05, 3.63) is 0 Å². The molecule has 3 aliphatic carbocycles. The molecule has 0 amide bonds. The lowest BCUT2D eigenvalue weighted by atomic mass is 9.80. The van der Waals surface area contributed by atoms with E-state index in [1.54, 1.807) is 0 Å². The van der Waals surface area contributed by atoms with Gasteiger partial charge in [-0.25, -0.2) is 0 Å². The molecule has 3 nitrogen and oxygen atoms in total. The lowest BCUT2D eigenvalue weighted by Crippen LogP contribution is -2.45. The highest BCUT2D eigenvalue weighted by molar-refractivity contribution is 5.08. The van der Waals surface area contributed by atoms with Crippen molar-refractivity contribution < 1.29 is 15.3 Å². The Labute approximate surface area is 77.4 Å². The molecule has 2 bridgehead atoms. The first-order valence-corrected chi connectivity index (χ1v) is 5.23. The zero-order valence-corrected chi connectivity index (χ0v) is 7.56. The Morgan fingerprint density at radius 1 is 1.00 bits per heavy atom. The average Bonchev–Trinajstić information content (AvgIpc) is 2.66. The predicted octanol–water partition coefficient (Wildman–Crippen LogP) is 0.0942. The van der Waals surface area contributed by atoms with Crippen LogP contribution in [0.2, 0.25) is 0 Å². The molecule has 0 aliphatic heterocycles. The molecule has 3 fully saturated rings. The predicted molar refractivity (Wildman–Crippen MR) is 45.6 cm³/mol. The summed E-state index contributed by atoms with van der Waals surface area (Å²) in [6.07, 6.45) is 3.20. The second kappa shape index (κ2) is 2.27. The van der Waals surface area contributed by atoms with E-state index in [0.29, 0.717) is 24.2 Å². The van der Waals surface area contributed by atoms with Gasteiger partial charge in [0.1, 0.15) is 6.10 Å². The van der Waals surface area contributed by atoms with Crippen molar-refractivity contribution in [2.75, 3.05) is 0 Å². The van der Waals surface area contributed by atoms with Crippen LogP contribution in [0, 0.1) is 23.7 Å². The van der Waals surface area contributed by atoms with Crippen molar-refractivity contribution in [1.29, 1.82) is 0 Å². The zero-order valence-electron chi connectivity index (χ0n) is 7.56. The molecular weight excluding hydrogens is 168 g/mol. The van der Waals surface area contributed by atoms with Crippen LogP contribution in [-0.4, -0.2) is 27.2 Å². The smallest absolute Gasteiger partial charge is 0.192 e. The van der Waals surface area contributed by atoms with Crippen molar-refractivity contribution in [2.24, 2.45) is 23.7 Å². The van der Waals surface area contributed by atoms with Crippen LogP contribution in [0.25, 0.3) is 0 Å². The van der Waals surface area contributed by atoms with Gasteiger partial charge in [-0.15, -0.1) is 0 Å². The number of aliphatic hydroxyl groups excluding tert-OH is 1. The summed E-state index contributed by atoms with van der Waals surface area (Å²) in [6, 6.07) is 0. The monoisotopic (exact) mass is 184 g/mol. The minimum Gasteiger partial charge on any atom is -0.388 e. The van der Waals surface area contributed by atoms with Crippen LogP contribution in [-0.2, 0) is 0 Å². The van der Waals surface area contributed by atoms with Gasteiger partial charge < -0.3 is 15.3 Å². The highest BCUT2D eigenvalue weighted by atomic mass is 16.5. The number of hydrogen-bond donors (Lipinski definition) is 3. The molecule has 74 valence electrons. The molecule has 0 saturated heterocycles. The molecule has 0 spiro atoms. The standard InChI is InChI=1S/C10H16O3/c11-8-4-7-5-1-2-6(3-5)9(7)10(8,12)13/h5-9,11-13H,1-4H2/t5-,6-,7+,8+,9-/m0/s1. The molecule has 0 radical (unpaired) electrons. The van der Waals surface area contributed by atoms with Crippen molar-refractivity contribution >= 4 is 0 Å². The highest BCUT2D eigenvalue weighted by Gasteiger charge is 2.63. The first kappa shape index (κ1) is 8.21. The van der Waals surface area contributed by atoms with Crippen LogP contribution in [0.5, 0.6) is 0 Å². The number of fused-ring (bicyclic) bond motifs is 5. The van der Waals surface area contributed by atoms with Crippen LogP contribution >= 0.6 is 0 Å². The molecule has 3 heteroatoms. The summed E-state index contributed by atoms with van der Waals surface area (Å²) in [5.41, 5.74) is 0. The Hall–Kier alpha value is -0.120. The first-order chi connectivity index (χ1) is 6.10. The summed E-state index contributed by atoms with van der Waals surface area (Å²) in [5, 5.41) is 29.0. The minimum absolute atomic E-state index is 0.0405. The normalized spacial score (nSPS) is 57.0. The molecule has 3 N–H and O–H groups in total. The van der Waals surface area contributed by atoms with Gasteiger partial charge in [0, 0.05) is 5.92 Å². The fourth-order valence-electron chi connectivity index (χ4n) is 4.06. The molecular formula is C10H16O3. The second-order valence-corrected chi connectivity index (χ2v) is 5.06. The van der Waals surface area contributed by atoms with Gasteiger partial charge in [-0.05, 0) is 43.4 Å². The van der Waals surface area contributed by atoms with Gasteiger partial charge in [0.25, 0.3) is 0 Å². The fraction of sp³-hybridized carbons (Fsp3) is 1.00. The van der Waals surface area contributed by atoms with Gasteiger partial charge in [-0.1, -0.05) is 0 Å². The Morgan fingerprint density at radius 3 is 2.38 bits per heavy atom. The average molecular weight is 184 g/mol. The van der Waals surface area contributed by atoms with E-state index >= 15 is 0 Å². The SMILES string of the molecule is O[C@@H]1C[C@@H]2[C@H]3CC[C@@H](C3)[C@@H]2C1(O)O. The first-order valence-electron chi connectivity index (χ1n) is 5.23.